The zero-order valence-electron chi connectivity index (χ0n) is 63.5. The Hall–Kier alpha value is -3.24. The van der Waals surface area contributed by atoms with Gasteiger partial charge in [0, 0.05) is 166 Å². The molecule has 6 bridgehead atoms. The largest absolute Gasteiger partial charge is 0.496 e. The lowest BCUT2D eigenvalue weighted by Crippen LogP contribution is -2.67. The van der Waals surface area contributed by atoms with E-state index in [1.165, 1.54) is 69.2 Å². The summed E-state index contributed by atoms with van der Waals surface area (Å²) in [5, 5.41) is 12.7. The van der Waals surface area contributed by atoms with E-state index in [0.29, 0.717) is 61.0 Å². The van der Waals surface area contributed by atoms with Gasteiger partial charge in [-0.3, -0.25) is 19.5 Å². The van der Waals surface area contributed by atoms with Crippen LogP contribution in [-0.4, -0.2) is 277 Å². The fourth-order valence-electron chi connectivity index (χ4n) is 18.7. The lowest BCUT2D eigenvalue weighted by atomic mass is 9.59. The van der Waals surface area contributed by atoms with Gasteiger partial charge in [-0.1, -0.05) is 102 Å². The third-order valence-electron chi connectivity index (χ3n) is 24.7. The van der Waals surface area contributed by atoms with E-state index in [4.69, 9.17) is 9.47 Å². The van der Waals surface area contributed by atoms with Crippen LogP contribution in [0.5, 0.6) is 5.75 Å². The van der Waals surface area contributed by atoms with E-state index < -0.39 is 11.7 Å². The Morgan fingerprint density at radius 2 is 1.40 bits per heavy atom. The number of likely N-dealkylation sites (tertiary alicyclic amines) is 1. The van der Waals surface area contributed by atoms with E-state index in [1.54, 1.807) is 12.1 Å². The molecule has 11 atom stereocenters. The SMILES string of the molecule is CCO[C@@H]1C[C@H]2CNC3(CN(C)[C@@H](C4CCCC4)CN(C)[C@H](C(=O)N4CCCC4)CCN(C)[C@H]4CCCCCc5ccc(cc5)C[C@@H](CN(C)CCN[C@@H](CCc5ccc(C(F)(F)F)c(OC)c5)CN2C1)N1CC/C=C\C[C@@H](C1)N(C)CCN(C)C[C@H]([C@@H](C)CC)NC4)CC(C)(C)C3. The molecule has 9 aliphatic rings. The minimum atomic E-state index is -4.50. The van der Waals surface area contributed by atoms with Gasteiger partial charge in [0.2, 0.25) is 5.91 Å². The molecule has 1 spiro atoms. The highest BCUT2D eigenvalue weighted by Crippen LogP contribution is 2.49. The average molecular weight is 1370 g/mol. The smallest absolute Gasteiger partial charge is 0.419 e. The maximum atomic E-state index is 15.2. The molecule has 1 unspecified atom stereocenters. The molecule has 2 aliphatic carbocycles. The molecule has 2 saturated heterocycles. The van der Waals surface area contributed by atoms with Crippen LogP contribution in [0.2, 0.25) is 0 Å². The highest BCUT2D eigenvalue weighted by molar-refractivity contribution is 5.82. The van der Waals surface area contributed by atoms with Gasteiger partial charge in [-0.2, -0.15) is 13.2 Å². The van der Waals surface area contributed by atoms with Crippen molar-refractivity contribution >= 4 is 5.91 Å². The number of aryl methyl sites for hydroxylation is 2. The number of benzene rings is 2. The topological polar surface area (TPSA) is 101 Å². The number of likely N-dealkylation sites (N-methyl/N-ethyl adjacent to an activating group) is 6. The standard InChI is InChI=1S/C80H137F3N12O3/c1-13-61(3)73-56-88(7)45-46-90(9)68-29-19-16-22-42-94(54-68)70-47-63-32-30-62(31-33-63)25-17-15-18-28-67(50-85-73)89(8)43-38-74(77(96)93-40-23-24-41-93)91(10)57-75(65-26-20-21-27-65)92(11)60-79(58-78(4,5)59-79)86-51-69-49-71(98-14-2)55-95(69)52-66(84-39-44-87(6)53-70)36-34-64-35-37-72(80(81,82)83)76(48-64)97-12/h16,19,30-33,35,37,48,61,65-71,73-75,84-86H,13-15,17-18,20-29,34,36,38-47,49-60H2,1-12H3/b19-16-/t61-,66-,67-,68-,69-,70-,71+,73+,74-,75+/m0/s1. The van der Waals surface area contributed by atoms with Crippen LogP contribution < -0.4 is 20.7 Å². The zero-order chi connectivity index (χ0) is 70.0. The first-order valence-corrected chi connectivity index (χ1v) is 39.3. The molecule has 2 aromatic rings. The van der Waals surface area contributed by atoms with E-state index in [-0.39, 0.29) is 40.9 Å². The number of amides is 1. The van der Waals surface area contributed by atoms with Gasteiger partial charge in [0.1, 0.15) is 5.75 Å². The van der Waals surface area contributed by atoms with E-state index >= 15 is 4.79 Å². The fraction of sp³-hybridized carbons (Fsp3) is 0.812. The molecule has 556 valence electrons. The Balaban J connectivity index is 1.06. The Morgan fingerprint density at radius 3 is 2.11 bits per heavy atom. The fourth-order valence-corrected chi connectivity index (χ4v) is 18.7. The Bertz CT molecular complexity index is 2680. The van der Waals surface area contributed by atoms with Gasteiger partial charge >= 0.3 is 6.18 Å². The quantitative estimate of drug-likeness (QED) is 0.155. The third-order valence-corrected chi connectivity index (χ3v) is 24.7. The molecular weight excluding hydrogens is 1230 g/mol. The summed E-state index contributed by atoms with van der Waals surface area (Å²) in [6, 6.07) is 15.9. The number of carbonyl (C=O) groups excluding carboxylic acids is 1. The van der Waals surface area contributed by atoms with Gasteiger partial charge in [-0.15, -0.1) is 0 Å². The van der Waals surface area contributed by atoms with Gasteiger partial charge in [0.15, 0.2) is 0 Å². The van der Waals surface area contributed by atoms with Gasteiger partial charge in [-0.25, -0.2) is 0 Å². The Morgan fingerprint density at radius 1 is 0.673 bits per heavy atom. The maximum absolute atomic E-state index is 15.2. The number of nitrogens with one attached hydrogen (secondary N) is 3. The summed E-state index contributed by atoms with van der Waals surface area (Å²) in [6.07, 6.45) is 22.9. The van der Waals surface area contributed by atoms with Crippen LogP contribution in [0, 0.1) is 17.3 Å². The molecule has 15 nitrogen and oxygen atoms in total. The van der Waals surface area contributed by atoms with Crippen molar-refractivity contribution in [2.45, 2.75) is 236 Å². The van der Waals surface area contributed by atoms with Crippen molar-refractivity contribution in [1.82, 2.24) is 60.0 Å². The van der Waals surface area contributed by atoms with Crippen molar-refractivity contribution in [1.29, 1.82) is 0 Å². The first kappa shape index (κ1) is 78.9. The lowest BCUT2D eigenvalue weighted by Gasteiger charge is -2.56. The third kappa shape index (κ3) is 23.1. The summed E-state index contributed by atoms with van der Waals surface area (Å²) in [7, 11) is 15.4. The van der Waals surface area contributed by atoms with Crippen molar-refractivity contribution < 1.29 is 27.4 Å². The molecule has 1 amide bonds. The predicted molar refractivity (Wildman–Crippen MR) is 398 cm³/mol. The van der Waals surface area contributed by atoms with Gasteiger partial charge in [0.25, 0.3) is 0 Å². The summed E-state index contributed by atoms with van der Waals surface area (Å²) in [4.78, 5) is 38.6. The van der Waals surface area contributed by atoms with Crippen LogP contribution >= 0.6 is 0 Å². The molecule has 7 heterocycles. The molecular formula is C80H137F3N12O3. The summed E-state index contributed by atoms with van der Waals surface area (Å²) < 4.78 is 54.5. The second kappa shape index (κ2) is 38.0. The minimum Gasteiger partial charge on any atom is -0.496 e. The Kier molecular flexibility index (Phi) is 30.6. The highest BCUT2D eigenvalue weighted by Gasteiger charge is 2.51. The minimum absolute atomic E-state index is 0.0666. The number of rotatable bonds is 10. The predicted octanol–water partition coefficient (Wildman–Crippen LogP) is 10.9. The van der Waals surface area contributed by atoms with Crippen molar-refractivity contribution in [3.05, 3.63) is 76.9 Å². The van der Waals surface area contributed by atoms with E-state index in [2.05, 4.69) is 173 Å². The van der Waals surface area contributed by atoms with Crippen LogP contribution in [0.1, 0.15) is 172 Å². The molecule has 18 heteroatoms. The summed E-state index contributed by atoms with van der Waals surface area (Å²) in [6.45, 7) is 27.9. The van der Waals surface area contributed by atoms with Gasteiger partial charge < -0.3 is 54.8 Å². The summed E-state index contributed by atoms with van der Waals surface area (Å²) in [5.41, 5.74) is 3.08. The van der Waals surface area contributed by atoms with Crippen LogP contribution in [0.25, 0.3) is 0 Å². The molecule has 2 aromatic carbocycles. The number of hydrogen-bond acceptors (Lipinski definition) is 14. The second-order valence-corrected chi connectivity index (χ2v) is 33.1. The molecule has 7 aliphatic heterocycles. The number of methoxy groups -OCH3 is 1. The summed E-state index contributed by atoms with van der Waals surface area (Å²) >= 11 is 0. The van der Waals surface area contributed by atoms with Crippen LogP contribution in [0.4, 0.5) is 13.2 Å². The van der Waals surface area contributed by atoms with Crippen molar-refractivity contribution in [2.24, 2.45) is 17.3 Å². The van der Waals surface area contributed by atoms with Gasteiger partial charge in [-0.05, 0) is 198 Å². The lowest BCUT2D eigenvalue weighted by molar-refractivity contribution is -0.139. The molecule has 2 saturated carbocycles. The number of halogens is 3. The number of ether oxygens (including phenoxy) is 2. The number of hydrogen-bond donors (Lipinski definition) is 3. The molecule has 0 radical (unpaired) electrons. The molecule has 4 fully saturated rings. The van der Waals surface area contributed by atoms with Crippen LogP contribution in [-0.2, 0) is 35.0 Å². The average Bonchev–Trinajstić information content (AvgIpc) is 0.826. The van der Waals surface area contributed by atoms with Gasteiger partial charge in [0.05, 0.1) is 24.8 Å². The van der Waals surface area contributed by atoms with E-state index in [1.807, 2.05) is 0 Å². The molecule has 3 N–H and O–H groups in total. The van der Waals surface area contributed by atoms with E-state index in [9.17, 15) is 13.2 Å². The number of alkyl halides is 3. The van der Waals surface area contributed by atoms with Crippen LogP contribution in [0.15, 0.2) is 54.6 Å². The number of fused-ring (bicyclic) bond motifs is 22. The first-order chi connectivity index (χ1) is 47.0. The van der Waals surface area contributed by atoms with Crippen molar-refractivity contribution in [3.8, 4) is 5.75 Å². The first-order valence-electron chi connectivity index (χ1n) is 39.3. The molecule has 0 aromatic heterocycles. The number of carbonyl (C=O) groups is 1. The summed E-state index contributed by atoms with van der Waals surface area (Å²) in [5.74, 6) is 1.30. The highest BCUT2D eigenvalue weighted by atomic mass is 19.4. The zero-order valence-corrected chi connectivity index (χ0v) is 63.5. The second-order valence-electron chi connectivity index (χ2n) is 33.1. The monoisotopic (exact) mass is 1370 g/mol. The maximum Gasteiger partial charge on any atom is 0.419 e. The number of nitrogens with zero attached hydrogens (tertiary/aromatic N) is 9. The molecule has 98 heavy (non-hydrogen) atoms. The van der Waals surface area contributed by atoms with Crippen LogP contribution in [0.3, 0.4) is 0 Å². The Labute approximate surface area is 593 Å². The van der Waals surface area contributed by atoms with Crippen molar-refractivity contribution in [2.75, 3.05) is 167 Å². The normalized spacial score (nSPS) is 31.6. The van der Waals surface area contributed by atoms with E-state index in [0.717, 1.165) is 200 Å². The van der Waals surface area contributed by atoms with Crippen molar-refractivity contribution in [3.63, 3.8) is 0 Å². The molecule has 11 rings (SSSR count).